The Morgan fingerprint density at radius 1 is 1.00 bits per heavy atom. The molecule has 0 fully saturated rings. The Hall–Kier alpha value is -2.06. The molecule has 2 aromatic carbocycles. The molecule has 0 amide bonds. The van der Waals surface area contributed by atoms with Gasteiger partial charge in [0.2, 0.25) is 0 Å². The number of benzene rings is 2. The summed E-state index contributed by atoms with van der Waals surface area (Å²) >= 11 is 0. The summed E-state index contributed by atoms with van der Waals surface area (Å²) in [5.74, 6) is 0.345. The molecule has 1 heterocycles. The van der Waals surface area contributed by atoms with E-state index in [1.54, 1.807) is 0 Å². The summed E-state index contributed by atoms with van der Waals surface area (Å²) in [7, 11) is 0. The molecule has 0 aliphatic rings. The highest BCUT2D eigenvalue weighted by molar-refractivity contribution is 5.85. The first kappa shape index (κ1) is 14.9. The van der Waals surface area contributed by atoms with Crippen molar-refractivity contribution in [1.29, 1.82) is 0 Å². The molecule has 2 nitrogen and oxygen atoms in total. The molecule has 114 valence electrons. The normalized spacial score (nSPS) is 12.7. The van der Waals surface area contributed by atoms with Gasteiger partial charge < -0.3 is 10.7 Å². The molecule has 0 bridgehead atoms. The van der Waals surface area contributed by atoms with Gasteiger partial charge >= 0.3 is 0 Å². The molecule has 0 aliphatic carbocycles. The first-order chi connectivity index (χ1) is 10.6. The summed E-state index contributed by atoms with van der Waals surface area (Å²) < 4.78 is 0. The molecular weight excluding hydrogens is 268 g/mol. The van der Waals surface area contributed by atoms with Crippen LogP contribution < -0.4 is 5.73 Å². The molecule has 3 rings (SSSR count). The Labute approximate surface area is 132 Å². The van der Waals surface area contributed by atoms with E-state index in [1.807, 2.05) is 0 Å². The molecule has 0 saturated heterocycles. The molecule has 22 heavy (non-hydrogen) atoms. The lowest BCUT2D eigenvalue weighted by atomic mass is 9.89. The van der Waals surface area contributed by atoms with Crippen molar-refractivity contribution in [2.75, 3.05) is 6.54 Å². The van der Waals surface area contributed by atoms with Crippen molar-refractivity contribution in [2.24, 2.45) is 5.73 Å². The number of hydrogen-bond acceptors (Lipinski definition) is 1. The van der Waals surface area contributed by atoms with E-state index in [-0.39, 0.29) is 0 Å². The van der Waals surface area contributed by atoms with Crippen molar-refractivity contribution < 1.29 is 0 Å². The number of nitrogens with two attached hydrogens (primary N) is 1. The number of H-pyrrole nitrogens is 1. The van der Waals surface area contributed by atoms with Gasteiger partial charge in [-0.15, -0.1) is 0 Å². The average molecular weight is 292 g/mol. The lowest BCUT2D eigenvalue weighted by Crippen LogP contribution is -2.16. The Balaban J connectivity index is 2.01. The van der Waals surface area contributed by atoms with Gasteiger partial charge in [0.15, 0.2) is 0 Å². The molecule has 0 aliphatic heterocycles. The number of rotatable bonds is 4. The second-order valence-electron chi connectivity index (χ2n) is 6.34. The number of fused-ring (bicyclic) bond motifs is 1. The van der Waals surface area contributed by atoms with Crippen LogP contribution in [0.4, 0.5) is 0 Å². The Morgan fingerprint density at radius 3 is 2.36 bits per heavy atom. The third-order valence-electron chi connectivity index (χ3n) is 4.40. The van der Waals surface area contributed by atoms with Crippen LogP contribution in [0.25, 0.3) is 10.9 Å². The molecule has 2 heteroatoms. The van der Waals surface area contributed by atoms with E-state index >= 15 is 0 Å². The molecule has 1 unspecified atom stereocenters. The van der Waals surface area contributed by atoms with Gasteiger partial charge in [-0.3, -0.25) is 0 Å². The summed E-state index contributed by atoms with van der Waals surface area (Å²) in [6.45, 7) is 7.13. The van der Waals surface area contributed by atoms with E-state index in [0.29, 0.717) is 12.5 Å². The lowest BCUT2D eigenvalue weighted by Gasteiger charge is -2.17. The second-order valence-corrected chi connectivity index (χ2v) is 6.34. The number of aromatic nitrogens is 1. The first-order valence-electron chi connectivity index (χ1n) is 7.93. The van der Waals surface area contributed by atoms with Crippen LogP contribution in [0.5, 0.6) is 0 Å². The monoisotopic (exact) mass is 292 g/mol. The van der Waals surface area contributed by atoms with E-state index < -0.39 is 0 Å². The summed E-state index contributed by atoms with van der Waals surface area (Å²) in [5.41, 5.74) is 14.0. The molecule has 1 aromatic heterocycles. The number of aryl methyl sites for hydroxylation is 3. The van der Waals surface area contributed by atoms with Crippen LogP contribution in [0.15, 0.2) is 42.5 Å². The van der Waals surface area contributed by atoms with Crippen molar-refractivity contribution in [3.05, 3.63) is 70.4 Å². The lowest BCUT2D eigenvalue weighted by molar-refractivity contribution is 0.694. The Kier molecular flexibility index (Phi) is 4.04. The van der Waals surface area contributed by atoms with Crippen LogP contribution in [-0.2, 0) is 6.42 Å². The van der Waals surface area contributed by atoms with Crippen molar-refractivity contribution in [1.82, 2.24) is 4.98 Å². The summed E-state index contributed by atoms with van der Waals surface area (Å²) in [6.07, 6.45) is 0.988. The van der Waals surface area contributed by atoms with Crippen molar-refractivity contribution in [3.63, 3.8) is 0 Å². The molecule has 3 N–H and O–H groups in total. The SMILES string of the molecule is Cc1cc(C)cc(CC(CN)c2c(C)[nH]c3ccccc23)c1. The maximum atomic E-state index is 6.13. The fourth-order valence-corrected chi connectivity index (χ4v) is 3.60. The number of hydrogen-bond donors (Lipinski definition) is 2. The first-order valence-corrected chi connectivity index (χ1v) is 7.93. The maximum absolute atomic E-state index is 6.13. The van der Waals surface area contributed by atoms with Crippen molar-refractivity contribution in [3.8, 4) is 0 Å². The topological polar surface area (TPSA) is 41.8 Å². The predicted octanol–water partition coefficient (Wildman–Crippen LogP) is 4.38. The Morgan fingerprint density at radius 2 is 1.68 bits per heavy atom. The van der Waals surface area contributed by atoms with Gasteiger partial charge in [-0.1, -0.05) is 47.5 Å². The van der Waals surface area contributed by atoms with Crippen LogP contribution >= 0.6 is 0 Å². The predicted molar refractivity (Wildman–Crippen MR) is 94.5 cm³/mol. The Bertz CT molecular complexity index is 778. The van der Waals surface area contributed by atoms with E-state index in [2.05, 4.69) is 68.2 Å². The van der Waals surface area contributed by atoms with E-state index in [1.165, 1.54) is 38.9 Å². The summed E-state index contributed by atoms with van der Waals surface area (Å²) in [6, 6.07) is 15.3. The summed E-state index contributed by atoms with van der Waals surface area (Å²) in [4.78, 5) is 3.49. The van der Waals surface area contributed by atoms with Gasteiger partial charge in [0.1, 0.15) is 0 Å². The third kappa shape index (κ3) is 2.79. The molecule has 0 spiro atoms. The van der Waals surface area contributed by atoms with E-state index in [9.17, 15) is 0 Å². The minimum Gasteiger partial charge on any atom is -0.358 e. The van der Waals surface area contributed by atoms with Crippen LogP contribution in [0.3, 0.4) is 0 Å². The number of nitrogens with one attached hydrogen (secondary N) is 1. The number of aromatic amines is 1. The van der Waals surface area contributed by atoms with Gasteiger partial charge in [0.25, 0.3) is 0 Å². The van der Waals surface area contributed by atoms with Crippen LogP contribution in [0.1, 0.15) is 33.9 Å². The highest BCUT2D eigenvalue weighted by Crippen LogP contribution is 2.31. The van der Waals surface area contributed by atoms with Crippen LogP contribution in [0.2, 0.25) is 0 Å². The number of para-hydroxylation sites is 1. The minimum atomic E-state index is 0.345. The van der Waals surface area contributed by atoms with Gasteiger partial charge in [-0.25, -0.2) is 0 Å². The fourth-order valence-electron chi connectivity index (χ4n) is 3.60. The van der Waals surface area contributed by atoms with Gasteiger partial charge in [0, 0.05) is 22.5 Å². The highest BCUT2D eigenvalue weighted by atomic mass is 14.7. The largest absolute Gasteiger partial charge is 0.358 e. The van der Waals surface area contributed by atoms with Crippen LogP contribution in [0, 0.1) is 20.8 Å². The second kappa shape index (κ2) is 5.98. The minimum absolute atomic E-state index is 0.345. The van der Waals surface area contributed by atoms with E-state index in [0.717, 1.165) is 6.42 Å². The molecular formula is C20H24N2. The molecule has 3 aromatic rings. The molecule has 0 saturated carbocycles. The summed E-state index contributed by atoms with van der Waals surface area (Å²) in [5, 5.41) is 1.31. The maximum Gasteiger partial charge on any atom is 0.0458 e. The zero-order valence-electron chi connectivity index (χ0n) is 13.6. The molecule has 1 atom stereocenters. The highest BCUT2D eigenvalue weighted by Gasteiger charge is 2.18. The van der Waals surface area contributed by atoms with Crippen molar-refractivity contribution in [2.45, 2.75) is 33.1 Å². The third-order valence-corrected chi connectivity index (χ3v) is 4.40. The standard InChI is InChI=1S/C20H24N2/c1-13-8-14(2)10-16(9-13)11-17(12-21)20-15(3)22-19-7-5-4-6-18(19)20/h4-10,17,22H,11-12,21H2,1-3H3. The van der Waals surface area contributed by atoms with Gasteiger partial charge in [-0.2, -0.15) is 0 Å². The zero-order chi connectivity index (χ0) is 15.7. The smallest absolute Gasteiger partial charge is 0.0458 e. The van der Waals surface area contributed by atoms with Crippen molar-refractivity contribution >= 4 is 10.9 Å². The quantitative estimate of drug-likeness (QED) is 0.736. The van der Waals surface area contributed by atoms with E-state index in [4.69, 9.17) is 5.73 Å². The van der Waals surface area contributed by atoms with Gasteiger partial charge in [-0.05, 0) is 50.9 Å². The fraction of sp³-hybridized carbons (Fsp3) is 0.300. The zero-order valence-corrected chi connectivity index (χ0v) is 13.6. The van der Waals surface area contributed by atoms with Crippen LogP contribution in [-0.4, -0.2) is 11.5 Å². The average Bonchev–Trinajstić information content (AvgIpc) is 2.80. The van der Waals surface area contributed by atoms with Gasteiger partial charge in [0.05, 0.1) is 0 Å². The molecule has 0 radical (unpaired) electrons.